The molecule has 0 saturated heterocycles. The number of hydrogen-bond acceptors (Lipinski definition) is 6. The van der Waals surface area contributed by atoms with Gasteiger partial charge in [0, 0.05) is 17.7 Å². The van der Waals surface area contributed by atoms with E-state index in [2.05, 4.69) is 20.4 Å². The number of aromatic hydroxyl groups is 1. The summed E-state index contributed by atoms with van der Waals surface area (Å²) in [4.78, 5) is 28.7. The third kappa shape index (κ3) is 5.65. The van der Waals surface area contributed by atoms with Crippen LogP contribution in [0.15, 0.2) is 41.9 Å². The molecule has 3 N–H and O–H groups in total. The Kier molecular flexibility index (Phi) is 6.84. The Labute approximate surface area is 186 Å². The average Bonchev–Trinajstić information content (AvgIpc) is 3.17. The highest BCUT2D eigenvalue weighted by molar-refractivity contribution is 7.12. The molecule has 0 aliphatic carbocycles. The van der Waals surface area contributed by atoms with E-state index >= 15 is 0 Å². The van der Waals surface area contributed by atoms with Gasteiger partial charge in [0.2, 0.25) is 0 Å². The number of nitrogens with zero attached hydrogens (tertiary/aromatic N) is 1. The average molecular weight is 490 g/mol. The number of anilines is 1. The van der Waals surface area contributed by atoms with Crippen LogP contribution in [-0.2, 0) is 6.54 Å². The number of amides is 2. The zero-order chi connectivity index (χ0) is 23.5. The third-order valence-corrected chi connectivity index (χ3v) is 5.04. The Morgan fingerprint density at radius 3 is 2.59 bits per heavy atom. The first-order valence-electron chi connectivity index (χ1n) is 8.60. The second-order valence-electron chi connectivity index (χ2n) is 6.11. The number of phenols is 1. The van der Waals surface area contributed by atoms with Gasteiger partial charge in [-0.15, -0.1) is 24.5 Å². The molecule has 0 atom stereocenters. The van der Waals surface area contributed by atoms with E-state index in [0.717, 1.165) is 29.5 Å². The van der Waals surface area contributed by atoms with E-state index in [1.165, 1.54) is 23.7 Å². The number of aromatic nitrogens is 1. The van der Waals surface area contributed by atoms with E-state index in [9.17, 15) is 32.3 Å². The molecule has 0 saturated carbocycles. The predicted octanol–water partition coefficient (Wildman–Crippen LogP) is 4.72. The standard InChI is InChI=1S/C19H12ClF4N3O4S/c20-11-5-10(6-12(21)14(11)28)17(29)27-16-15(32-8-26-16)18(30)25-7-9-3-1-2-4-13(9)31-19(22,23)24/h1-6,8,28H,7H2,(H,25,30)(H,27,29). The normalized spacial score (nSPS) is 11.2. The monoisotopic (exact) mass is 489 g/mol. The van der Waals surface area contributed by atoms with Gasteiger partial charge in [-0.2, -0.15) is 0 Å². The van der Waals surface area contributed by atoms with Crippen molar-refractivity contribution in [3.8, 4) is 11.5 Å². The minimum Gasteiger partial charge on any atom is -0.504 e. The Balaban J connectivity index is 1.71. The molecule has 0 unspecified atom stereocenters. The van der Waals surface area contributed by atoms with Gasteiger partial charge in [0.1, 0.15) is 10.6 Å². The van der Waals surface area contributed by atoms with Crippen LogP contribution in [0.25, 0.3) is 0 Å². The highest BCUT2D eigenvalue weighted by Crippen LogP contribution is 2.29. The van der Waals surface area contributed by atoms with Gasteiger partial charge >= 0.3 is 6.36 Å². The summed E-state index contributed by atoms with van der Waals surface area (Å²) < 4.78 is 55.1. The fourth-order valence-corrected chi connectivity index (χ4v) is 3.37. The fraction of sp³-hybridized carbons (Fsp3) is 0.105. The number of hydrogen-bond donors (Lipinski definition) is 3. The molecule has 168 valence electrons. The number of carbonyl (C=O) groups is 2. The summed E-state index contributed by atoms with van der Waals surface area (Å²) in [5.74, 6) is -4.12. The number of thiazole rings is 1. The van der Waals surface area contributed by atoms with Crippen LogP contribution in [0.2, 0.25) is 5.02 Å². The zero-order valence-electron chi connectivity index (χ0n) is 15.7. The van der Waals surface area contributed by atoms with E-state index in [0.29, 0.717) is 0 Å². The lowest BCUT2D eigenvalue weighted by molar-refractivity contribution is -0.274. The molecule has 0 radical (unpaired) electrons. The van der Waals surface area contributed by atoms with Crippen LogP contribution in [0, 0.1) is 5.82 Å². The molecule has 0 spiro atoms. The maximum absolute atomic E-state index is 13.6. The summed E-state index contributed by atoms with van der Waals surface area (Å²) >= 11 is 6.51. The van der Waals surface area contributed by atoms with E-state index in [1.54, 1.807) is 0 Å². The van der Waals surface area contributed by atoms with Crippen LogP contribution >= 0.6 is 22.9 Å². The topological polar surface area (TPSA) is 101 Å². The minimum absolute atomic E-state index is 0.0436. The number of carbonyl (C=O) groups excluding carboxylic acids is 2. The van der Waals surface area contributed by atoms with Crippen LogP contribution in [0.4, 0.5) is 23.4 Å². The van der Waals surface area contributed by atoms with E-state index in [4.69, 9.17) is 11.6 Å². The highest BCUT2D eigenvalue weighted by Gasteiger charge is 2.32. The van der Waals surface area contributed by atoms with Crippen molar-refractivity contribution in [1.82, 2.24) is 10.3 Å². The number of rotatable bonds is 6. The number of phenolic OH excluding ortho intramolecular Hbond substituents is 1. The van der Waals surface area contributed by atoms with Gasteiger partial charge in [0.15, 0.2) is 17.4 Å². The van der Waals surface area contributed by atoms with Gasteiger partial charge in [0.05, 0.1) is 10.5 Å². The summed E-state index contributed by atoms with van der Waals surface area (Å²) in [5.41, 5.74) is 1.10. The maximum atomic E-state index is 13.6. The molecule has 0 aliphatic rings. The summed E-state index contributed by atoms with van der Waals surface area (Å²) in [6.45, 7) is -0.296. The first kappa shape index (κ1) is 23.3. The zero-order valence-corrected chi connectivity index (χ0v) is 17.2. The molecule has 1 heterocycles. The van der Waals surface area contributed by atoms with Crippen LogP contribution in [-0.4, -0.2) is 28.3 Å². The minimum atomic E-state index is -4.90. The molecule has 0 bridgehead atoms. The van der Waals surface area contributed by atoms with Crippen LogP contribution in [0.5, 0.6) is 11.5 Å². The third-order valence-electron chi connectivity index (χ3n) is 3.92. The number of benzene rings is 2. The van der Waals surface area contributed by atoms with Crippen molar-refractivity contribution in [3.05, 3.63) is 68.8 Å². The van der Waals surface area contributed by atoms with Crippen LogP contribution < -0.4 is 15.4 Å². The van der Waals surface area contributed by atoms with Gasteiger partial charge in [-0.05, 0) is 18.2 Å². The van der Waals surface area contributed by atoms with Crippen molar-refractivity contribution in [2.45, 2.75) is 12.9 Å². The summed E-state index contributed by atoms with van der Waals surface area (Å²) in [7, 11) is 0. The first-order chi connectivity index (χ1) is 15.0. The molecule has 13 heteroatoms. The molecule has 3 aromatic rings. The van der Waals surface area contributed by atoms with Gasteiger partial charge < -0.3 is 20.5 Å². The number of alkyl halides is 3. The highest BCUT2D eigenvalue weighted by atomic mass is 35.5. The first-order valence-corrected chi connectivity index (χ1v) is 9.85. The van der Waals surface area contributed by atoms with Gasteiger partial charge in [-0.25, -0.2) is 9.37 Å². The van der Waals surface area contributed by atoms with Crippen LogP contribution in [0.1, 0.15) is 25.6 Å². The number of para-hydroxylation sites is 1. The lowest BCUT2D eigenvalue weighted by atomic mass is 10.2. The fourth-order valence-electron chi connectivity index (χ4n) is 2.50. The quantitative estimate of drug-likeness (QED) is 0.435. The molecule has 3 rings (SSSR count). The molecule has 0 aliphatic heterocycles. The van der Waals surface area contributed by atoms with Gasteiger partial charge in [-0.1, -0.05) is 29.8 Å². The number of halogens is 5. The van der Waals surface area contributed by atoms with Crippen molar-refractivity contribution < 1.29 is 37.0 Å². The summed E-state index contributed by atoms with van der Waals surface area (Å²) in [5, 5.41) is 13.7. The van der Waals surface area contributed by atoms with Crippen molar-refractivity contribution in [1.29, 1.82) is 0 Å². The van der Waals surface area contributed by atoms with E-state index in [1.807, 2.05) is 0 Å². The maximum Gasteiger partial charge on any atom is 0.573 e. The summed E-state index contributed by atoms with van der Waals surface area (Å²) in [6, 6.07) is 7.06. The lowest BCUT2D eigenvalue weighted by Gasteiger charge is -2.13. The lowest BCUT2D eigenvalue weighted by Crippen LogP contribution is -2.25. The van der Waals surface area contributed by atoms with E-state index in [-0.39, 0.29) is 33.4 Å². The molecular weight excluding hydrogens is 478 g/mol. The molecule has 2 amide bonds. The Morgan fingerprint density at radius 1 is 1.19 bits per heavy atom. The van der Waals surface area contributed by atoms with Gasteiger partial charge in [-0.3, -0.25) is 9.59 Å². The number of nitrogens with one attached hydrogen (secondary N) is 2. The molecule has 32 heavy (non-hydrogen) atoms. The Morgan fingerprint density at radius 2 is 1.91 bits per heavy atom. The SMILES string of the molecule is O=C(Nc1ncsc1C(=O)NCc1ccccc1OC(F)(F)F)c1cc(F)c(O)c(Cl)c1. The van der Waals surface area contributed by atoms with Crippen molar-refractivity contribution in [2.75, 3.05) is 5.32 Å². The summed E-state index contributed by atoms with van der Waals surface area (Å²) in [6.07, 6.45) is -4.90. The molecule has 2 aromatic carbocycles. The predicted molar refractivity (Wildman–Crippen MR) is 107 cm³/mol. The van der Waals surface area contributed by atoms with Gasteiger partial charge in [0.25, 0.3) is 11.8 Å². The molecule has 1 aromatic heterocycles. The Hall–Kier alpha value is -3.38. The Bertz CT molecular complexity index is 1150. The van der Waals surface area contributed by atoms with Crippen molar-refractivity contribution in [3.63, 3.8) is 0 Å². The van der Waals surface area contributed by atoms with Crippen LogP contribution in [0.3, 0.4) is 0 Å². The molecule has 0 fully saturated rings. The second-order valence-corrected chi connectivity index (χ2v) is 7.37. The largest absolute Gasteiger partial charge is 0.573 e. The second kappa shape index (κ2) is 9.40. The van der Waals surface area contributed by atoms with Crippen molar-refractivity contribution in [2.24, 2.45) is 0 Å². The number of ether oxygens (including phenoxy) is 1. The molecule has 7 nitrogen and oxygen atoms in total. The smallest absolute Gasteiger partial charge is 0.504 e. The molecular formula is C19H12ClF4N3O4S. The van der Waals surface area contributed by atoms with E-state index < -0.39 is 35.5 Å². The van der Waals surface area contributed by atoms with Crippen molar-refractivity contribution >= 4 is 40.6 Å².